The number of aromatic nitrogens is 2. The van der Waals surface area contributed by atoms with E-state index in [4.69, 9.17) is 10.5 Å². The lowest BCUT2D eigenvalue weighted by Gasteiger charge is -2.15. The van der Waals surface area contributed by atoms with Crippen molar-refractivity contribution in [3.05, 3.63) is 87.5 Å². The third-order valence-electron chi connectivity index (χ3n) is 7.04. The lowest BCUT2D eigenvalue weighted by Crippen LogP contribution is -2.30. The normalized spacial score (nSPS) is 15.1. The van der Waals surface area contributed by atoms with Crippen LogP contribution in [0.2, 0.25) is 0 Å². The molecule has 2 saturated carbocycles. The van der Waals surface area contributed by atoms with Crippen molar-refractivity contribution in [2.45, 2.75) is 44.2 Å². The van der Waals surface area contributed by atoms with E-state index in [1.807, 2.05) is 12.3 Å². The quantitative estimate of drug-likeness (QED) is 0.227. The van der Waals surface area contributed by atoms with Gasteiger partial charge in [0.15, 0.2) is 0 Å². The number of ether oxygens (including phenoxy) is 1. The first-order valence-corrected chi connectivity index (χ1v) is 13.7. The molecule has 0 radical (unpaired) electrons. The Morgan fingerprint density at radius 2 is 2.00 bits per heavy atom. The predicted octanol–water partition coefficient (Wildman–Crippen LogP) is 4.43. The number of carbonyl (C=O) groups is 1. The molecule has 2 heterocycles. The van der Waals surface area contributed by atoms with E-state index in [-0.39, 0.29) is 34.6 Å². The van der Waals surface area contributed by atoms with Gasteiger partial charge in [-0.25, -0.2) is 13.8 Å². The molecule has 0 atom stereocenters. The van der Waals surface area contributed by atoms with Crippen LogP contribution in [0.15, 0.2) is 59.3 Å². The zero-order valence-corrected chi connectivity index (χ0v) is 22.9. The van der Waals surface area contributed by atoms with Gasteiger partial charge in [-0.15, -0.1) is 0 Å². The largest absolute Gasteiger partial charge is 0.399 e. The zero-order chi connectivity index (χ0) is 28.9. The van der Waals surface area contributed by atoms with Crippen molar-refractivity contribution in [1.29, 1.82) is 0 Å². The number of halogens is 2. The molecule has 1 amide bonds. The van der Waals surface area contributed by atoms with E-state index < -0.39 is 18.4 Å². The number of allylic oxidation sites excluding steroid dienone is 1. The number of methoxy groups -OCH3 is 1. The molecule has 0 aliphatic heterocycles. The lowest BCUT2D eigenvalue weighted by atomic mass is 10.0. The Kier molecular flexibility index (Phi) is 8.75. The Hall–Kier alpha value is -4.09. The average molecular weight is 565 g/mol. The second kappa shape index (κ2) is 12.6. The molecule has 216 valence electrons. The highest BCUT2D eigenvalue weighted by atomic mass is 19.1. The molecule has 0 spiro atoms. The summed E-state index contributed by atoms with van der Waals surface area (Å²) in [6, 6.07) is 9.51. The van der Waals surface area contributed by atoms with Crippen LogP contribution in [0.4, 0.5) is 20.3 Å². The fraction of sp³-hybridized carbons (Fsp3) is 0.367. The minimum absolute atomic E-state index is 0.0328. The first kappa shape index (κ1) is 28.4. The number of benzene rings is 1. The molecule has 0 unspecified atom stereocenters. The van der Waals surface area contributed by atoms with Gasteiger partial charge in [0.1, 0.15) is 23.9 Å². The Labute approximate surface area is 236 Å². The van der Waals surface area contributed by atoms with Crippen LogP contribution < -0.4 is 27.2 Å². The third kappa shape index (κ3) is 7.17. The van der Waals surface area contributed by atoms with Gasteiger partial charge in [-0.1, -0.05) is 0 Å². The Morgan fingerprint density at radius 3 is 2.71 bits per heavy atom. The smallest absolute Gasteiger partial charge is 0.263 e. The number of alkyl halides is 1. The van der Waals surface area contributed by atoms with Crippen molar-refractivity contribution in [3.63, 3.8) is 0 Å². The van der Waals surface area contributed by atoms with Crippen molar-refractivity contribution in [2.75, 3.05) is 37.6 Å². The van der Waals surface area contributed by atoms with Crippen LogP contribution in [0.5, 0.6) is 0 Å². The molecule has 5 N–H and O–H groups in total. The van der Waals surface area contributed by atoms with E-state index in [9.17, 15) is 18.4 Å². The molecular weight excluding hydrogens is 530 g/mol. The fourth-order valence-corrected chi connectivity index (χ4v) is 4.59. The molecule has 2 aliphatic carbocycles. The summed E-state index contributed by atoms with van der Waals surface area (Å²) in [4.78, 5) is 31.4. The van der Waals surface area contributed by atoms with E-state index in [1.165, 1.54) is 18.3 Å². The van der Waals surface area contributed by atoms with Crippen LogP contribution >= 0.6 is 0 Å². The molecule has 0 saturated heterocycles. The maximum atomic E-state index is 14.1. The van der Waals surface area contributed by atoms with E-state index in [1.54, 1.807) is 29.9 Å². The fourth-order valence-electron chi connectivity index (χ4n) is 4.59. The summed E-state index contributed by atoms with van der Waals surface area (Å²) in [5, 5.41) is 8.97. The minimum Gasteiger partial charge on any atom is -0.399 e. The lowest BCUT2D eigenvalue weighted by molar-refractivity contribution is 0.102. The van der Waals surface area contributed by atoms with Crippen LogP contribution in [0.3, 0.4) is 0 Å². The average Bonchev–Trinajstić information content (AvgIpc) is 3.88. The Balaban J connectivity index is 1.46. The Bertz CT molecular complexity index is 1510. The number of amides is 1. The molecule has 2 fully saturated rings. The molecule has 2 aliphatic rings. The predicted molar refractivity (Wildman–Crippen MR) is 154 cm³/mol. The number of hydrogen-bond acceptors (Lipinski definition) is 7. The van der Waals surface area contributed by atoms with Crippen LogP contribution in [0.1, 0.15) is 59.3 Å². The number of rotatable bonds is 13. The van der Waals surface area contributed by atoms with Gasteiger partial charge in [0, 0.05) is 61.5 Å². The molecule has 9 nitrogen and oxygen atoms in total. The summed E-state index contributed by atoms with van der Waals surface area (Å²) in [5.74, 6) is -0.495. The van der Waals surface area contributed by atoms with Crippen molar-refractivity contribution in [3.8, 4) is 11.1 Å². The number of pyridine rings is 2. The summed E-state index contributed by atoms with van der Waals surface area (Å²) in [7, 11) is 1.63. The van der Waals surface area contributed by atoms with Crippen LogP contribution in [0, 0.1) is 5.82 Å². The van der Waals surface area contributed by atoms with Gasteiger partial charge >= 0.3 is 0 Å². The highest BCUT2D eigenvalue weighted by Crippen LogP contribution is 2.42. The minimum atomic E-state index is -0.845. The van der Waals surface area contributed by atoms with Crippen molar-refractivity contribution < 1.29 is 18.3 Å². The zero-order valence-electron chi connectivity index (χ0n) is 22.9. The van der Waals surface area contributed by atoms with E-state index in [0.29, 0.717) is 36.5 Å². The molecule has 1 aromatic carbocycles. The number of carbonyl (C=O) groups excluding carboxylic acids is 1. The summed E-state index contributed by atoms with van der Waals surface area (Å²) < 4.78 is 33.7. The van der Waals surface area contributed by atoms with Crippen molar-refractivity contribution in [2.24, 2.45) is 5.73 Å². The molecule has 41 heavy (non-hydrogen) atoms. The number of nitrogens with zero attached hydrogens (tertiary/aromatic N) is 2. The highest BCUT2D eigenvalue weighted by molar-refractivity contribution is 6.04. The SMILES string of the molecule is COCCNCc1cc(C(=O)Nc2cc(-c3ccc(F)cc3N/C=C(\N)CF)cc(C3CC3)n2)c(=O)n(C2CC2)c1. The summed E-state index contributed by atoms with van der Waals surface area (Å²) >= 11 is 0. The maximum absolute atomic E-state index is 14.1. The third-order valence-corrected chi connectivity index (χ3v) is 7.04. The van der Waals surface area contributed by atoms with Crippen LogP contribution in [-0.2, 0) is 11.3 Å². The van der Waals surface area contributed by atoms with Gasteiger partial charge in [-0.2, -0.15) is 0 Å². The van der Waals surface area contributed by atoms with Gasteiger partial charge < -0.3 is 31.0 Å². The summed E-state index contributed by atoms with van der Waals surface area (Å²) in [5.41, 5.74) is 8.54. The Morgan fingerprint density at radius 1 is 1.20 bits per heavy atom. The monoisotopic (exact) mass is 564 g/mol. The molecule has 11 heteroatoms. The van der Waals surface area contributed by atoms with Crippen molar-refractivity contribution >= 4 is 17.4 Å². The second-order valence-corrected chi connectivity index (χ2v) is 10.5. The summed E-state index contributed by atoms with van der Waals surface area (Å²) in [6.45, 7) is 0.823. The molecular formula is C30H34F2N6O3. The number of anilines is 2. The highest BCUT2D eigenvalue weighted by Gasteiger charge is 2.28. The van der Waals surface area contributed by atoms with Crippen LogP contribution in [-0.4, -0.2) is 42.4 Å². The molecule has 0 bridgehead atoms. The molecule has 3 aromatic rings. The summed E-state index contributed by atoms with van der Waals surface area (Å²) in [6.07, 6.45) is 6.84. The first-order chi connectivity index (χ1) is 19.9. The number of nitrogens with two attached hydrogens (primary N) is 1. The van der Waals surface area contributed by atoms with E-state index in [2.05, 4.69) is 20.9 Å². The topological polar surface area (TPSA) is 123 Å². The van der Waals surface area contributed by atoms with Crippen LogP contribution in [0.25, 0.3) is 11.1 Å². The first-order valence-electron chi connectivity index (χ1n) is 13.7. The van der Waals surface area contributed by atoms with Gasteiger partial charge in [0.2, 0.25) is 0 Å². The number of hydrogen-bond donors (Lipinski definition) is 4. The second-order valence-electron chi connectivity index (χ2n) is 10.5. The van der Waals surface area contributed by atoms with Gasteiger partial charge in [0.05, 0.1) is 12.3 Å². The number of nitrogens with one attached hydrogen (secondary N) is 3. The molecule has 2 aromatic heterocycles. The standard InChI is InChI=1S/C30H34F2N6O3/c1-41-9-8-34-15-18-10-25(30(40)38(17-18)23-5-6-23)29(39)37-28-12-20(11-26(36-28)19-2-3-19)24-7-4-21(32)13-27(24)35-16-22(33)14-31/h4,7,10-13,16-17,19,23,34-35H,2-3,5-6,8-9,14-15,33H2,1H3,(H,36,37,39)/b22-16-. The van der Waals surface area contributed by atoms with E-state index in [0.717, 1.165) is 36.9 Å². The van der Waals surface area contributed by atoms with Crippen molar-refractivity contribution in [1.82, 2.24) is 14.9 Å². The van der Waals surface area contributed by atoms with Gasteiger partial charge in [-0.3, -0.25) is 9.59 Å². The van der Waals surface area contributed by atoms with E-state index >= 15 is 0 Å². The van der Waals surface area contributed by atoms with Gasteiger partial charge in [-0.05, 0) is 73.2 Å². The maximum Gasteiger partial charge on any atom is 0.263 e. The van der Waals surface area contributed by atoms with Gasteiger partial charge in [0.25, 0.3) is 11.5 Å². The molecule has 5 rings (SSSR count).